The second-order valence-electron chi connectivity index (χ2n) is 2.90. The zero-order valence-electron chi connectivity index (χ0n) is 8.90. The summed E-state index contributed by atoms with van der Waals surface area (Å²) in [5.74, 6) is -0.484. The quantitative estimate of drug-likeness (QED) is 0.649. The average molecular weight is 220 g/mol. The van der Waals surface area contributed by atoms with Gasteiger partial charge in [-0.15, -0.1) is 11.8 Å². The third-order valence-corrected chi connectivity index (χ3v) is 3.31. The van der Waals surface area contributed by atoms with Crippen molar-refractivity contribution in [2.24, 2.45) is 5.92 Å². The maximum atomic E-state index is 11.1. The van der Waals surface area contributed by atoms with Crippen LogP contribution < -0.4 is 0 Å². The zero-order chi connectivity index (χ0) is 11.1. The molecule has 0 spiro atoms. The summed E-state index contributed by atoms with van der Waals surface area (Å²) in [7, 11) is 2.70. The van der Waals surface area contributed by atoms with Gasteiger partial charge in [-0.05, 0) is 0 Å². The molecule has 0 aromatic heterocycles. The first-order chi connectivity index (χ1) is 6.52. The minimum atomic E-state index is -0.279. The molecular weight excluding hydrogens is 204 g/mol. The second kappa shape index (κ2) is 6.70. The maximum absolute atomic E-state index is 11.1. The van der Waals surface area contributed by atoms with Gasteiger partial charge in [0, 0.05) is 5.25 Å². The lowest BCUT2D eigenvalue weighted by molar-refractivity contribution is -0.144. The lowest BCUT2D eigenvalue weighted by Gasteiger charge is -2.16. The zero-order valence-corrected chi connectivity index (χ0v) is 9.72. The number of carbonyl (C=O) groups excluding carboxylic acids is 2. The molecule has 82 valence electrons. The first-order valence-corrected chi connectivity index (χ1v) is 5.34. The summed E-state index contributed by atoms with van der Waals surface area (Å²) in [6, 6.07) is 0. The molecule has 0 fully saturated rings. The first kappa shape index (κ1) is 13.3. The molecule has 4 nitrogen and oxygen atoms in total. The first-order valence-electron chi connectivity index (χ1n) is 4.29. The van der Waals surface area contributed by atoms with Crippen molar-refractivity contribution in [2.45, 2.75) is 19.1 Å². The van der Waals surface area contributed by atoms with Crippen molar-refractivity contribution < 1.29 is 19.1 Å². The van der Waals surface area contributed by atoms with Crippen molar-refractivity contribution in [3.8, 4) is 0 Å². The van der Waals surface area contributed by atoms with Gasteiger partial charge in [-0.2, -0.15) is 0 Å². The Kier molecular flexibility index (Phi) is 6.36. The normalized spacial score (nSPS) is 14.3. The van der Waals surface area contributed by atoms with Crippen LogP contribution in [0.2, 0.25) is 0 Å². The van der Waals surface area contributed by atoms with Crippen molar-refractivity contribution in [1.82, 2.24) is 0 Å². The van der Waals surface area contributed by atoms with Crippen LogP contribution in [0.25, 0.3) is 0 Å². The molecule has 0 radical (unpaired) electrons. The van der Waals surface area contributed by atoms with E-state index in [1.54, 1.807) is 6.92 Å². The van der Waals surface area contributed by atoms with Crippen molar-refractivity contribution in [3.05, 3.63) is 0 Å². The molecule has 0 saturated heterocycles. The highest BCUT2D eigenvalue weighted by atomic mass is 32.2. The molecule has 0 N–H and O–H groups in total. The predicted octanol–water partition coefficient (Wildman–Crippen LogP) is 1.09. The molecular formula is C9H16O4S. The van der Waals surface area contributed by atoms with E-state index < -0.39 is 0 Å². The minimum Gasteiger partial charge on any atom is -0.469 e. The molecule has 0 heterocycles. The molecule has 0 rings (SSSR count). The Labute approximate surface area is 88.3 Å². The number of carbonyl (C=O) groups is 2. The van der Waals surface area contributed by atoms with Gasteiger partial charge in [-0.3, -0.25) is 9.59 Å². The van der Waals surface area contributed by atoms with Gasteiger partial charge in [0.15, 0.2) is 0 Å². The Hall–Kier alpha value is -0.710. The van der Waals surface area contributed by atoms with Gasteiger partial charge in [0.2, 0.25) is 0 Å². The molecule has 0 bridgehead atoms. The Morgan fingerprint density at radius 2 is 1.79 bits per heavy atom. The lowest BCUT2D eigenvalue weighted by atomic mass is 10.1. The molecule has 0 saturated carbocycles. The highest BCUT2D eigenvalue weighted by Gasteiger charge is 2.21. The topological polar surface area (TPSA) is 52.6 Å². The van der Waals surface area contributed by atoms with E-state index in [9.17, 15) is 9.59 Å². The van der Waals surface area contributed by atoms with Crippen molar-refractivity contribution in [3.63, 3.8) is 0 Å². The standard InChI is InChI=1S/C9H16O4S/c1-6(9(11)13-4)7(2)14-5-8(10)12-3/h6-7H,5H2,1-4H3. The fourth-order valence-electron chi connectivity index (χ4n) is 0.780. The van der Waals surface area contributed by atoms with Crippen molar-refractivity contribution >= 4 is 23.7 Å². The summed E-state index contributed by atoms with van der Waals surface area (Å²) < 4.78 is 9.09. The number of hydrogen-bond donors (Lipinski definition) is 0. The van der Waals surface area contributed by atoms with E-state index >= 15 is 0 Å². The fraction of sp³-hybridized carbons (Fsp3) is 0.778. The van der Waals surface area contributed by atoms with Crippen LogP contribution in [0.4, 0.5) is 0 Å². The Balaban J connectivity index is 3.89. The Morgan fingerprint density at radius 1 is 1.21 bits per heavy atom. The third kappa shape index (κ3) is 4.50. The molecule has 2 unspecified atom stereocenters. The van der Waals surface area contributed by atoms with Crippen LogP contribution in [-0.2, 0) is 19.1 Å². The SMILES string of the molecule is COC(=O)CSC(C)C(C)C(=O)OC. The monoisotopic (exact) mass is 220 g/mol. The van der Waals surface area contributed by atoms with Gasteiger partial charge < -0.3 is 9.47 Å². The molecule has 14 heavy (non-hydrogen) atoms. The van der Waals surface area contributed by atoms with E-state index in [1.165, 1.54) is 26.0 Å². The van der Waals surface area contributed by atoms with Crippen LogP contribution in [0.1, 0.15) is 13.8 Å². The lowest BCUT2D eigenvalue weighted by Crippen LogP contribution is -2.23. The summed E-state index contributed by atoms with van der Waals surface area (Å²) in [5.41, 5.74) is 0. The number of ether oxygens (including phenoxy) is 2. The van der Waals surface area contributed by atoms with Crippen molar-refractivity contribution in [2.75, 3.05) is 20.0 Å². The molecule has 0 aliphatic heterocycles. The number of esters is 2. The van der Waals surface area contributed by atoms with Gasteiger partial charge in [0.1, 0.15) is 0 Å². The minimum absolute atomic E-state index is 0.0431. The Morgan fingerprint density at radius 3 is 2.21 bits per heavy atom. The Bertz CT molecular complexity index is 205. The van der Waals surface area contributed by atoms with Gasteiger partial charge >= 0.3 is 11.9 Å². The summed E-state index contributed by atoms with van der Waals surface area (Å²) in [5, 5.41) is 0.0431. The van der Waals surface area contributed by atoms with Crippen LogP contribution in [0.3, 0.4) is 0 Å². The van der Waals surface area contributed by atoms with E-state index in [2.05, 4.69) is 9.47 Å². The smallest absolute Gasteiger partial charge is 0.315 e. The second-order valence-corrected chi connectivity index (χ2v) is 4.27. The number of thioether (sulfide) groups is 1. The summed E-state index contributed by atoms with van der Waals surface area (Å²) in [6.07, 6.45) is 0. The van der Waals surface area contributed by atoms with Crippen LogP contribution in [0.15, 0.2) is 0 Å². The van der Waals surface area contributed by atoms with Crippen LogP contribution >= 0.6 is 11.8 Å². The molecule has 5 heteroatoms. The van der Waals surface area contributed by atoms with E-state index in [-0.39, 0.29) is 28.9 Å². The highest BCUT2D eigenvalue weighted by Crippen LogP contribution is 2.20. The van der Waals surface area contributed by atoms with Crippen LogP contribution in [-0.4, -0.2) is 37.2 Å². The largest absolute Gasteiger partial charge is 0.469 e. The average Bonchev–Trinajstić information content (AvgIpc) is 2.22. The summed E-state index contributed by atoms with van der Waals surface area (Å²) in [4.78, 5) is 21.9. The van der Waals surface area contributed by atoms with E-state index in [1.807, 2.05) is 6.92 Å². The molecule has 0 aromatic rings. The fourth-order valence-corrected chi connectivity index (χ4v) is 1.70. The molecule has 0 aromatic carbocycles. The summed E-state index contributed by atoms with van der Waals surface area (Å²) >= 11 is 1.39. The molecule has 0 aliphatic rings. The predicted molar refractivity (Wildman–Crippen MR) is 55.1 cm³/mol. The number of rotatable bonds is 5. The van der Waals surface area contributed by atoms with Crippen molar-refractivity contribution in [1.29, 1.82) is 0 Å². The van der Waals surface area contributed by atoms with E-state index in [0.29, 0.717) is 0 Å². The molecule has 2 atom stereocenters. The van der Waals surface area contributed by atoms with Gasteiger partial charge in [0.25, 0.3) is 0 Å². The van der Waals surface area contributed by atoms with Crippen LogP contribution in [0, 0.1) is 5.92 Å². The highest BCUT2D eigenvalue weighted by molar-refractivity contribution is 8.00. The van der Waals surface area contributed by atoms with Crippen LogP contribution in [0.5, 0.6) is 0 Å². The molecule has 0 amide bonds. The van der Waals surface area contributed by atoms with Gasteiger partial charge in [-0.1, -0.05) is 13.8 Å². The third-order valence-electron chi connectivity index (χ3n) is 1.97. The van der Waals surface area contributed by atoms with Gasteiger partial charge in [0.05, 0.1) is 25.9 Å². The number of methoxy groups -OCH3 is 2. The van der Waals surface area contributed by atoms with E-state index in [4.69, 9.17) is 0 Å². The number of hydrogen-bond acceptors (Lipinski definition) is 5. The van der Waals surface area contributed by atoms with E-state index in [0.717, 1.165) is 0 Å². The van der Waals surface area contributed by atoms with Gasteiger partial charge in [-0.25, -0.2) is 0 Å². The summed E-state index contributed by atoms with van der Waals surface area (Å²) in [6.45, 7) is 3.66. The molecule has 0 aliphatic carbocycles. The maximum Gasteiger partial charge on any atom is 0.315 e.